The molecule has 2 heterocycles. The molecule has 2 aromatic heterocycles. The summed E-state index contributed by atoms with van der Waals surface area (Å²) in [7, 11) is 0. The van der Waals surface area contributed by atoms with Gasteiger partial charge in [0.2, 0.25) is 5.90 Å². The lowest BCUT2D eigenvalue weighted by Gasteiger charge is -2.14. The van der Waals surface area contributed by atoms with Crippen LogP contribution in [0.5, 0.6) is 5.75 Å². The van der Waals surface area contributed by atoms with Crippen molar-refractivity contribution < 1.29 is 22.6 Å². The highest BCUT2D eigenvalue weighted by atomic mass is 19.4. The number of pyridine rings is 2. The van der Waals surface area contributed by atoms with E-state index in [2.05, 4.69) is 14.7 Å². The van der Waals surface area contributed by atoms with Gasteiger partial charge in [-0.05, 0) is 53.6 Å². The summed E-state index contributed by atoms with van der Waals surface area (Å²) in [6.07, 6.45) is -0.474. The molecule has 0 spiro atoms. The first kappa shape index (κ1) is 23.6. The summed E-state index contributed by atoms with van der Waals surface area (Å²) in [5, 5.41) is 16.2. The third kappa shape index (κ3) is 6.08. The first-order valence-electron chi connectivity index (χ1n) is 10.4. The standard InChI is InChI=1S/C26H19F3N4O2/c27-26(28,29)25(31)35-24(30)22(15-17-11-13-32-14-12-17)18-6-9-21(10-7-18)34-16-20-8-5-19-3-1-2-4-23(19)33-20/h1-15,30-31H,16H2. The van der Waals surface area contributed by atoms with E-state index in [1.54, 1.807) is 36.4 Å². The number of hydrogen-bond donors (Lipinski definition) is 2. The van der Waals surface area contributed by atoms with Gasteiger partial charge in [-0.15, -0.1) is 0 Å². The fourth-order valence-electron chi connectivity index (χ4n) is 3.20. The molecular weight excluding hydrogens is 457 g/mol. The Balaban J connectivity index is 1.53. The van der Waals surface area contributed by atoms with Gasteiger partial charge in [-0.2, -0.15) is 13.2 Å². The topological polar surface area (TPSA) is 91.9 Å². The van der Waals surface area contributed by atoms with E-state index in [0.717, 1.165) is 16.6 Å². The van der Waals surface area contributed by atoms with Gasteiger partial charge >= 0.3 is 6.18 Å². The monoisotopic (exact) mass is 476 g/mol. The van der Waals surface area contributed by atoms with Crippen LogP contribution in [0.3, 0.4) is 0 Å². The van der Waals surface area contributed by atoms with Crippen molar-refractivity contribution in [1.29, 1.82) is 10.8 Å². The molecule has 0 aliphatic carbocycles. The van der Waals surface area contributed by atoms with E-state index in [1.165, 1.54) is 18.5 Å². The number of alkyl halides is 3. The number of para-hydroxylation sites is 1. The lowest BCUT2D eigenvalue weighted by atomic mass is 10.0. The number of rotatable bonds is 6. The molecule has 35 heavy (non-hydrogen) atoms. The van der Waals surface area contributed by atoms with Crippen molar-refractivity contribution in [3.8, 4) is 5.75 Å². The molecule has 0 saturated carbocycles. The Labute approximate surface area is 198 Å². The van der Waals surface area contributed by atoms with Crippen molar-refractivity contribution in [1.82, 2.24) is 9.97 Å². The Morgan fingerprint density at radius 2 is 1.60 bits per heavy atom. The minimum absolute atomic E-state index is 0.0629. The Morgan fingerprint density at radius 1 is 0.886 bits per heavy atom. The highest BCUT2D eigenvalue weighted by Gasteiger charge is 2.38. The summed E-state index contributed by atoms with van der Waals surface area (Å²) in [5.41, 5.74) is 2.68. The van der Waals surface area contributed by atoms with Crippen LogP contribution in [-0.2, 0) is 11.3 Å². The van der Waals surface area contributed by atoms with Crippen molar-refractivity contribution >= 4 is 34.3 Å². The SMILES string of the molecule is N=C(OC(=N)C(F)(F)F)C(=Cc1ccncc1)c1ccc(OCc2ccc3ccccc3n2)cc1. The second kappa shape index (κ2) is 10.2. The van der Waals surface area contributed by atoms with E-state index in [9.17, 15) is 13.2 Å². The van der Waals surface area contributed by atoms with Gasteiger partial charge in [-0.25, -0.2) is 4.98 Å². The third-order valence-electron chi connectivity index (χ3n) is 4.93. The van der Waals surface area contributed by atoms with Gasteiger partial charge in [0.15, 0.2) is 0 Å². The molecule has 0 atom stereocenters. The smallest absolute Gasteiger partial charge is 0.468 e. The molecule has 2 aromatic carbocycles. The molecular formula is C26H19F3N4O2. The summed E-state index contributed by atoms with van der Waals surface area (Å²) in [5.74, 6) is -2.26. The van der Waals surface area contributed by atoms with Crippen molar-refractivity contribution in [2.75, 3.05) is 0 Å². The highest BCUT2D eigenvalue weighted by Crippen LogP contribution is 2.25. The van der Waals surface area contributed by atoms with Crippen LogP contribution in [0, 0.1) is 10.8 Å². The first-order chi connectivity index (χ1) is 16.8. The van der Waals surface area contributed by atoms with Crippen molar-refractivity contribution in [2.24, 2.45) is 0 Å². The van der Waals surface area contributed by atoms with Crippen LogP contribution in [0.1, 0.15) is 16.8 Å². The molecule has 0 fully saturated rings. The lowest BCUT2D eigenvalue weighted by Crippen LogP contribution is -2.27. The number of aromatic nitrogens is 2. The molecule has 0 aliphatic heterocycles. The fraction of sp³-hybridized carbons (Fsp3) is 0.0769. The van der Waals surface area contributed by atoms with Crippen molar-refractivity contribution in [3.63, 3.8) is 0 Å². The molecule has 6 nitrogen and oxygen atoms in total. The average molecular weight is 476 g/mol. The Bertz CT molecular complexity index is 1390. The van der Waals surface area contributed by atoms with Crippen LogP contribution in [0.2, 0.25) is 0 Å². The quantitative estimate of drug-likeness (QED) is 0.253. The van der Waals surface area contributed by atoms with Crippen LogP contribution < -0.4 is 4.74 Å². The summed E-state index contributed by atoms with van der Waals surface area (Å²) >= 11 is 0. The second-order valence-electron chi connectivity index (χ2n) is 7.40. The van der Waals surface area contributed by atoms with E-state index in [-0.39, 0.29) is 12.2 Å². The number of benzene rings is 2. The molecule has 9 heteroatoms. The molecule has 4 rings (SSSR count). The molecule has 4 aromatic rings. The van der Waals surface area contributed by atoms with Gasteiger partial charge in [-0.1, -0.05) is 36.4 Å². The number of ether oxygens (including phenoxy) is 2. The van der Waals surface area contributed by atoms with Crippen molar-refractivity contribution in [3.05, 3.63) is 102 Å². The molecule has 0 saturated heterocycles. The minimum Gasteiger partial charge on any atom is -0.487 e. The maximum Gasteiger partial charge on any atom is 0.468 e. The predicted molar refractivity (Wildman–Crippen MR) is 127 cm³/mol. The summed E-state index contributed by atoms with van der Waals surface area (Å²) < 4.78 is 48.6. The van der Waals surface area contributed by atoms with Crippen LogP contribution in [0.4, 0.5) is 13.2 Å². The van der Waals surface area contributed by atoms with Gasteiger partial charge in [-0.3, -0.25) is 15.8 Å². The van der Waals surface area contributed by atoms with E-state index in [4.69, 9.17) is 15.6 Å². The molecule has 2 N–H and O–H groups in total. The largest absolute Gasteiger partial charge is 0.487 e. The van der Waals surface area contributed by atoms with Crippen LogP contribution >= 0.6 is 0 Å². The Kier molecular flexibility index (Phi) is 6.86. The summed E-state index contributed by atoms with van der Waals surface area (Å²) in [4.78, 5) is 8.46. The van der Waals surface area contributed by atoms with Gasteiger partial charge in [0.1, 0.15) is 12.4 Å². The first-order valence-corrected chi connectivity index (χ1v) is 10.4. The van der Waals surface area contributed by atoms with Crippen LogP contribution in [-0.4, -0.2) is 27.9 Å². The zero-order valence-electron chi connectivity index (χ0n) is 18.2. The predicted octanol–water partition coefficient (Wildman–Crippen LogP) is 6.28. The third-order valence-corrected chi connectivity index (χ3v) is 4.93. The maximum atomic E-state index is 12.8. The molecule has 0 radical (unpaired) electrons. The number of nitrogens with zero attached hydrogens (tertiary/aromatic N) is 2. The maximum absolute atomic E-state index is 12.8. The normalized spacial score (nSPS) is 11.8. The average Bonchev–Trinajstić information content (AvgIpc) is 2.86. The summed E-state index contributed by atoms with van der Waals surface area (Å²) in [6.45, 7) is 0.228. The van der Waals surface area contributed by atoms with Crippen LogP contribution in [0.15, 0.2) is 85.2 Å². The molecule has 0 aliphatic rings. The molecule has 0 unspecified atom stereocenters. The zero-order valence-corrected chi connectivity index (χ0v) is 18.2. The second-order valence-corrected chi connectivity index (χ2v) is 7.40. The van der Waals surface area contributed by atoms with E-state index in [0.29, 0.717) is 16.9 Å². The number of hydrogen-bond acceptors (Lipinski definition) is 6. The van der Waals surface area contributed by atoms with Crippen LogP contribution in [0.25, 0.3) is 22.6 Å². The Hall–Kier alpha value is -4.53. The zero-order chi connectivity index (χ0) is 24.8. The van der Waals surface area contributed by atoms with Gasteiger partial charge in [0.25, 0.3) is 5.90 Å². The Morgan fingerprint density at radius 3 is 2.31 bits per heavy atom. The number of fused-ring (bicyclic) bond motifs is 1. The number of halogens is 3. The minimum atomic E-state index is -5.00. The van der Waals surface area contributed by atoms with Gasteiger partial charge < -0.3 is 9.47 Å². The van der Waals surface area contributed by atoms with Crippen molar-refractivity contribution in [2.45, 2.75) is 12.8 Å². The van der Waals surface area contributed by atoms with E-state index in [1.807, 2.05) is 36.4 Å². The van der Waals surface area contributed by atoms with E-state index >= 15 is 0 Å². The van der Waals surface area contributed by atoms with Gasteiger partial charge in [0.05, 0.1) is 11.2 Å². The molecule has 0 amide bonds. The highest BCUT2D eigenvalue weighted by molar-refractivity contribution is 6.25. The van der Waals surface area contributed by atoms with E-state index < -0.39 is 18.0 Å². The summed E-state index contributed by atoms with van der Waals surface area (Å²) in [6, 6.07) is 21.3. The molecule has 176 valence electrons. The lowest BCUT2D eigenvalue weighted by molar-refractivity contribution is -0.0727. The van der Waals surface area contributed by atoms with Gasteiger partial charge in [0, 0.05) is 23.4 Å². The molecule has 0 bridgehead atoms. The fourth-order valence-corrected chi connectivity index (χ4v) is 3.20. The number of nitrogens with one attached hydrogen (secondary N) is 2.